The summed E-state index contributed by atoms with van der Waals surface area (Å²) in [6, 6.07) is 6.82. The van der Waals surface area contributed by atoms with Gasteiger partial charge in [-0.15, -0.1) is 0 Å². The van der Waals surface area contributed by atoms with Crippen molar-refractivity contribution < 1.29 is 0 Å². The third-order valence-electron chi connectivity index (χ3n) is 4.23. The van der Waals surface area contributed by atoms with Crippen molar-refractivity contribution in [2.45, 2.75) is 46.1 Å². The number of fused-ring (bicyclic) bond motifs is 1. The third kappa shape index (κ3) is 2.92. The Balaban J connectivity index is 1.78. The fourth-order valence-corrected chi connectivity index (χ4v) is 3.74. The second-order valence-corrected chi connectivity index (χ2v) is 7.01. The number of hydrogen-bond acceptors (Lipinski definition) is 3. The van der Waals surface area contributed by atoms with Crippen LogP contribution < -0.4 is 5.32 Å². The second kappa shape index (κ2) is 5.04. The van der Waals surface area contributed by atoms with E-state index in [1.165, 1.54) is 19.3 Å². The third-order valence-corrected chi connectivity index (χ3v) is 4.23. The lowest BCUT2D eigenvalue weighted by molar-refractivity contribution is 0.178. The van der Waals surface area contributed by atoms with E-state index in [9.17, 15) is 0 Å². The smallest absolute Gasteiger partial charge is 0.0907 e. The van der Waals surface area contributed by atoms with Crippen LogP contribution in [0.5, 0.6) is 0 Å². The number of anilines is 1. The van der Waals surface area contributed by atoms with Gasteiger partial charge in [0.1, 0.15) is 0 Å². The molecule has 0 amide bonds. The predicted molar refractivity (Wildman–Crippen MR) is 83.7 cm³/mol. The summed E-state index contributed by atoms with van der Waals surface area (Å²) in [7, 11) is 0. The monoisotopic (exact) mass is 269 g/mol. The number of hydrogen-bond donors (Lipinski definition) is 1. The minimum Gasteiger partial charge on any atom is -0.382 e. The molecule has 1 aromatic heterocycles. The van der Waals surface area contributed by atoms with E-state index in [0.717, 1.165) is 22.6 Å². The van der Waals surface area contributed by atoms with E-state index in [1.807, 2.05) is 6.07 Å². The van der Waals surface area contributed by atoms with Gasteiger partial charge < -0.3 is 5.32 Å². The van der Waals surface area contributed by atoms with Crippen molar-refractivity contribution in [3.63, 3.8) is 0 Å². The molecule has 0 saturated heterocycles. The molecule has 2 unspecified atom stereocenters. The first-order valence-electron chi connectivity index (χ1n) is 7.49. The Morgan fingerprint density at radius 3 is 2.60 bits per heavy atom. The molecule has 1 aliphatic carbocycles. The largest absolute Gasteiger partial charge is 0.382 e. The lowest BCUT2D eigenvalue weighted by Gasteiger charge is -2.39. The van der Waals surface area contributed by atoms with Gasteiger partial charge in [-0.05, 0) is 48.8 Å². The SMILES string of the molecule is CC1CC(Nc2ccc3nccnc3c2)CC(C)(C)C1. The van der Waals surface area contributed by atoms with Crippen LogP contribution in [0, 0.1) is 11.3 Å². The van der Waals surface area contributed by atoms with E-state index in [-0.39, 0.29) is 0 Å². The maximum absolute atomic E-state index is 4.38. The quantitative estimate of drug-likeness (QED) is 0.885. The molecule has 1 fully saturated rings. The van der Waals surface area contributed by atoms with Crippen LogP contribution >= 0.6 is 0 Å². The first-order chi connectivity index (χ1) is 9.52. The molecule has 3 heteroatoms. The molecular formula is C17H23N3. The molecule has 1 saturated carbocycles. The molecule has 3 rings (SSSR count). The van der Waals surface area contributed by atoms with Crippen LogP contribution in [0.3, 0.4) is 0 Å². The molecule has 0 radical (unpaired) electrons. The van der Waals surface area contributed by atoms with Crippen LogP contribution in [0.1, 0.15) is 40.0 Å². The van der Waals surface area contributed by atoms with Crippen LogP contribution in [-0.4, -0.2) is 16.0 Å². The normalized spacial score (nSPS) is 25.6. The number of benzene rings is 1. The molecule has 2 aromatic rings. The van der Waals surface area contributed by atoms with Gasteiger partial charge in [0.05, 0.1) is 11.0 Å². The highest BCUT2D eigenvalue weighted by Gasteiger charge is 2.31. The summed E-state index contributed by atoms with van der Waals surface area (Å²) in [5, 5.41) is 3.69. The maximum atomic E-state index is 4.38. The van der Waals surface area contributed by atoms with Gasteiger partial charge in [-0.3, -0.25) is 9.97 Å². The summed E-state index contributed by atoms with van der Waals surface area (Å²) in [6.07, 6.45) is 7.30. The van der Waals surface area contributed by atoms with E-state index >= 15 is 0 Å². The van der Waals surface area contributed by atoms with Crippen molar-refractivity contribution in [1.29, 1.82) is 0 Å². The highest BCUT2D eigenvalue weighted by atomic mass is 14.9. The molecule has 0 spiro atoms. The van der Waals surface area contributed by atoms with Crippen LogP contribution in [0.2, 0.25) is 0 Å². The molecule has 2 atom stereocenters. The standard InChI is InChI=1S/C17H23N3/c1-12-8-14(11-17(2,3)10-12)20-13-4-5-15-16(9-13)19-7-6-18-15/h4-7,9,12,14,20H,8,10-11H2,1-3H3. The topological polar surface area (TPSA) is 37.8 Å². The predicted octanol–water partition coefficient (Wildman–Crippen LogP) is 4.26. The van der Waals surface area contributed by atoms with Gasteiger partial charge in [-0.1, -0.05) is 20.8 Å². The number of nitrogens with one attached hydrogen (secondary N) is 1. The van der Waals surface area contributed by atoms with E-state index in [4.69, 9.17) is 0 Å². The fraction of sp³-hybridized carbons (Fsp3) is 0.529. The Morgan fingerprint density at radius 2 is 1.85 bits per heavy atom. The van der Waals surface area contributed by atoms with Crippen molar-refractivity contribution in [3.8, 4) is 0 Å². The van der Waals surface area contributed by atoms with Gasteiger partial charge in [0.25, 0.3) is 0 Å². The summed E-state index contributed by atoms with van der Waals surface area (Å²) in [5.74, 6) is 0.788. The lowest BCUT2D eigenvalue weighted by Crippen LogP contribution is -2.35. The summed E-state index contributed by atoms with van der Waals surface area (Å²) in [6.45, 7) is 7.12. The Morgan fingerprint density at radius 1 is 1.10 bits per heavy atom. The molecule has 1 heterocycles. The van der Waals surface area contributed by atoms with Gasteiger partial charge >= 0.3 is 0 Å². The molecule has 0 aliphatic heterocycles. The van der Waals surface area contributed by atoms with Crippen molar-refractivity contribution in [2.75, 3.05) is 5.32 Å². The second-order valence-electron chi connectivity index (χ2n) is 7.01. The highest BCUT2D eigenvalue weighted by molar-refractivity contribution is 5.78. The van der Waals surface area contributed by atoms with E-state index in [0.29, 0.717) is 11.5 Å². The van der Waals surface area contributed by atoms with Gasteiger partial charge in [-0.25, -0.2) is 0 Å². The fourth-order valence-electron chi connectivity index (χ4n) is 3.74. The molecule has 20 heavy (non-hydrogen) atoms. The zero-order chi connectivity index (χ0) is 14.2. The van der Waals surface area contributed by atoms with Crippen molar-refractivity contribution >= 4 is 16.7 Å². The molecule has 1 aromatic carbocycles. The number of nitrogens with zero attached hydrogens (tertiary/aromatic N) is 2. The maximum Gasteiger partial charge on any atom is 0.0907 e. The van der Waals surface area contributed by atoms with Crippen LogP contribution in [0.25, 0.3) is 11.0 Å². The lowest BCUT2D eigenvalue weighted by atomic mass is 9.70. The van der Waals surface area contributed by atoms with Crippen molar-refractivity contribution in [2.24, 2.45) is 11.3 Å². The molecule has 1 N–H and O–H groups in total. The summed E-state index contributed by atoms with van der Waals surface area (Å²) < 4.78 is 0. The zero-order valence-electron chi connectivity index (χ0n) is 12.6. The van der Waals surface area contributed by atoms with Gasteiger partial charge in [0, 0.05) is 24.1 Å². The highest BCUT2D eigenvalue weighted by Crippen LogP contribution is 2.39. The van der Waals surface area contributed by atoms with Crippen LogP contribution in [0.15, 0.2) is 30.6 Å². The Kier molecular flexibility index (Phi) is 3.36. The van der Waals surface area contributed by atoms with Gasteiger partial charge in [-0.2, -0.15) is 0 Å². The van der Waals surface area contributed by atoms with Crippen LogP contribution in [0.4, 0.5) is 5.69 Å². The molecule has 1 aliphatic rings. The molecular weight excluding hydrogens is 246 g/mol. The van der Waals surface area contributed by atoms with Gasteiger partial charge in [0.15, 0.2) is 0 Å². The molecule has 0 bridgehead atoms. The minimum absolute atomic E-state index is 0.436. The van der Waals surface area contributed by atoms with Gasteiger partial charge in [0.2, 0.25) is 0 Å². The Bertz CT molecular complexity index is 606. The average molecular weight is 269 g/mol. The Labute approximate surface area is 120 Å². The first-order valence-corrected chi connectivity index (χ1v) is 7.49. The summed E-state index contributed by atoms with van der Waals surface area (Å²) in [5.41, 5.74) is 3.51. The zero-order valence-corrected chi connectivity index (χ0v) is 12.6. The van der Waals surface area contributed by atoms with Crippen molar-refractivity contribution in [3.05, 3.63) is 30.6 Å². The number of rotatable bonds is 2. The Hall–Kier alpha value is -1.64. The first kappa shape index (κ1) is 13.3. The summed E-state index contributed by atoms with van der Waals surface area (Å²) >= 11 is 0. The molecule has 3 nitrogen and oxygen atoms in total. The van der Waals surface area contributed by atoms with E-state index in [2.05, 4.69) is 48.2 Å². The average Bonchev–Trinajstić information content (AvgIpc) is 2.36. The van der Waals surface area contributed by atoms with E-state index < -0.39 is 0 Å². The van der Waals surface area contributed by atoms with Crippen LogP contribution in [-0.2, 0) is 0 Å². The molecule has 106 valence electrons. The van der Waals surface area contributed by atoms with Crippen molar-refractivity contribution in [1.82, 2.24) is 9.97 Å². The minimum atomic E-state index is 0.436. The summed E-state index contributed by atoms with van der Waals surface area (Å²) in [4.78, 5) is 8.69. The number of aromatic nitrogens is 2. The van der Waals surface area contributed by atoms with E-state index in [1.54, 1.807) is 12.4 Å².